The number of esters is 1. The van der Waals surface area contributed by atoms with E-state index in [9.17, 15) is 9.59 Å². The summed E-state index contributed by atoms with van der Waals surface area (Å²) in [7, 11) is 2.77. The van der Waals surface area contributed by atoms with E-state index in [1.54, 1.807) is 25.1 Å². The maximum absolute atomic E-state index is 11.7. The van der Waals surface area contributed by atoms with Crippen molar-refractivity contribution >= 4 is 17.6 Å². The average molecular weight is 251 g/mol. The number of ether oxygens (including phenoxy) is 2. The smallest absolute Gasteiger partial charge is 0.337 e. The molecule has 0 saturated heterocycles. The van der Waals surface area contributed by atoms with Gasteiger partial charge >= 0.3 is 5.97 Å². The van der Waals surface area contributed by atoms with E-state index in [2.05, 4.69) is 10.1 Å². The highest BCUT2D eigenvalue weighted by molar-refractivity contribution is 5.97. The Morgan fingerprint density at radius 2 is 1.94 bits per heavy atom. The number of rotatable bonds is 4. The van der Waals surface area contributed by atoms with Crippen molar-refractivity contribution in [2.75, 3.05) is 19.5 Å². The van der Waals surface area contributed by atoms with Crippen LogP contribution in [-0.2, 0) is 14.3 Å². The first-order valence-corrected chi connectivity index (χ1v) is 5.52. The summed E-state index contributed by atoms with van der Waals surface area (Å²) in [6.07, 6.45) is -0.550. The number of benzene rings is 1. The first-order valence-electron chi connectivity index (χ1n) is 5.52. The van der Waals surface area contributed by atoms with Gasteiger partial charge < -0.3 is 14.8 Å². The van der Waals surface area contributed by atoms with Crippen LogP contribution in [-0.4, -0.2) is 32.2 Å². The summed E-state index contributed by atoms with van der Waals surface area (Å²) in [5, 5.41) is 2.71. The quantitative estimate of drug-likeness (QED) is 0.828. The number of amides is 1. The summed E-state index contributed by atoms with van der Waals surface area (Å²) in [6, 6.07) is 4.98. The maximum atomic E-state index is 11.7. The lowest BCUT2D eigenvalue weighted by molar-refractivity contribution is -0.124. The van der Waals surface area contributed by atoms with E-state index in [1.165, 1.54) is 14.2 Å². The largest absolute Gasteiger partial charge is 0.465 e. The zero-order valence-electron chi connectivity index (χ0n) is 10.9. The van der Waals surface area contributed by atoms with Crippen LogP contribution in [0.5, 0.6) is 0 Å². The number of methoxy groups -OCH3 is 2. The third kappa shape index (κ3) is 3.30. The predicted octanol–water partition coefficient (Wildman–Crippen LogP) is 1.76. The van der Waals surface area contributed by atoms with Crippen LogP contribution in [0.1, 0.15) is 22.8 Å². The van der Waals surface area contributed by atoms with E-state index in [-0.39, 0.29) is 5.91 Å². The second-order valence-electron chi connectivity index (χ2n) is 3.89. The van der Waals surface area contributed by atoms with Crippen molar-refractivity contribution in [1.82, 2.24) is 0 Å². The number of anilines is 1. The summed E-state index contributed by atoms with van der Waals surface area (Å²) < 4.78 is 9.55. The highest BCUT2D eigenvalue weighted by Gasteiger charge is 2.14. The van der Waals surface area contributed by atoms with E-state index in [1.807, 2.05) is 6.92 Å². The maximum Gasteiger partial charge on any atom is 0.337 e. The molecule has 0 saturated carbocycles. The molecule has 1 rings (SSSR count). The molecule has 0 aliphatic rings. The Morgan fingerprint density at radius 3 is 2.50 bits per heavy atom. The lowest BCUT2D eigenvalue weighted by Gasteiger charge is -2.13. The number of nitrogens with one attached hydrogen (secondary N) is 1. The Balaban J connectivity index is 2.94. The van der Waals surface area contributed by atoms with Gasteiger partial charge in [0.05, 0.1) is 12.7 Å². The Hall–Kier alpha value is -1.88. The van der Waals surface area contributed by atoms with Crippen LogP contribution < -0.4 is 5.32 Å². The molecule has 0 fully saturated rings. The molecule has 0 heterocycles. The van der Waals surface area contributed by atoms with Crippen molar-refractivity contribution in [1.29, 1.82) is 0 Å². The molecular weight excluding hydrogens is 234 g/mol. The molecule has 0 aliphatic heterocycles. The average Bonchev–Trinajstić information content (AvgIpc) is 2.39. The van der Waals surface area contributed by atoms with E-state index in [0.29, 0.717) is 11.3 Å². The topological polar surface area (TPSA) is 64.6 Å². The van der Waals surface area contributed by atoms with Crippen LogP contribution in [0.15, 0.2) is 18.2 Å². The molecule has 0 radical (unpaired) electrons. The molecule has 5 nitrogen and oxygen atoms in total. The molecule has 0 bridgehead atoms. The number of hydrogen-bond donors (Lipinski definition) is 1. The van der Waals surface area contributed by atoms with Crippen molar-refractivity contribution in [3.8, 4) is 0 Å². The highest BCUT2D eigenvalue weighted by atomic mass is 16.5. The Bertz CT molecular complexity index is 456. The molecule has 1 N–H and O–H groups in total. The zero-order chi connectivity index (χ0) is 13.7. The van der Waals surface area contributed by atoms with Crippen LogP contribution >= 0.6 is 0 Å². The van der Waals surface area contributed by atoms with E-state index < -0.39 is 12.1 Å². The second-order valence-corrected chi connectivity index (χ2v) is 3.89. The van der Waals surface area contributed by atoms with E-state index in [4.69, 9.17) is 4.74 Å². The van der Waals surface area contributed by atoms with Gasteiger partial charge in [-0.1, -0.05) is 6.07 Å². The van der Waals surface area contributed by atoms with Crippen LogP contribution in [0.2, 0.25) is 0 Å². The van der Waals surface area contributed by atoms with Crippen LogP contribution in [0.3, 0.4) is 0 Å². The van der Waals surface area contributed by atoms with Gasteiger partial charge in [0.25, 0.3) is 5.91 Å². The SMILES string of the molecule is COC(=O)c1ccc(C)c(NC(=O)C(C)OC)c1. The van der Waals surface area contributed by atoms with Gasteiger partial charge in [0.2, 0.25) is 0 Å². The molecule has 1 unspecified atom stereocenters. The van der Waals surface area contributed by atoms with Gasteiger partial charge in [0.15, 0.2) is 0 Å². The Labute approximate surface area is 106 Å². The van der Waals surface area contributed by atoms with Gasteiger partial charge in [0.1, 0.15) is 6.10 Å². The first-order chi connectivity index (χ1) is 8.49. The highest BCUT2D eigenvalue weighted by Crippen LogP contribution is 2.18. The van der Waals surface area contributed by atoms with Crippen LogP contribution in [0.25, 0.3) is 0 Å². The first kappa shape index (κ1) is 14.2. The van der Waals surface area contributed by atoms with E-state index >= 15 is 0 Å². The number of carbonyl (C=O) groups excluding carboxylic acids is 2. The second kappa shape index (κ2) is 6.16. The predicted molar refractivity (Wildman–Crippen MR) is 67.6 cm³/mol. The zero-order valence-corrected chi connectivity index (χ0v) is 10.9. The molecule has 0 aromatic heterocycles. The summed E-state index contributed by atoms with van der Waals surface area (Å²) in [5.74, 6) is -0.701. The van der Waals surface area contributed by atoms with Crippen molar-refractivity contribution in [3.05, 3.63) is 29.3 Å². The summed E-state index contributed by atoms with van der Waals surface area (Å²) >= 11 is 0. The van der Waals surface area contributed by atoms with Crippen molar-refractivity contribution in [2.24, 2.45) is 0 Å². The minimum absolute atomic E-state index is 0.261. The molecule has 5 heteroatoms. The third-order valence-corrected chi connectivity index (χ3v) is 2.64. The molecule has 1 aromatic rings. The van der Waals surface area contributed by atoms with Gasteiger partial charge in [-0.3, -0.25) is 4.79 Å². The fraction of sp³-hybridized carbons (Fsp3) is 0.385. The van der Waals surface area contributed by atoms with Gasteiger partial charge in [-0.2, -0.15) is 0 Å². The monoisotopic (exact) mass is 251 g/mol. The van der Waals surface area contributed by atoms with Gasteiger partial charge in [-0.15, -0.1) is 0 Å². The number of hydrogen-bond acceptors (Lipinski definition) is 4. The lowest BCUT2D eigenvalue weighted by Crippen LogP contribution is -2.27. The summed E-state index contributed by atoms with van der Waals surface area (Å²) in [5.41, 5.74) is 1.83. The molecule has 1 atom stereocenters. The van der Waals surface area contributed by atoms with Gasteiger partial charge in [-0.25, -0.2) is 4.79 Å². The summed E-state index contributed by atoms with van der Waals surface area (Å²) in [6.45, 7) is 3.49. The van der Waals surface area contributed by atoms with Crippen molar-refractivity contribution in [3.63, 3.8) is 0 Å². The Kier molecular flexibility index (Phi) is 4.85. The standard InChI is InChI=1S/C13H17NO4/c1-8-5-6-10(13(16)18-4)7-11(8)14-12(15)9(2)17-3/h5-7,9H,1-4H3,(H,14,15). The van der Waals surface area contributed by atoms with Gasteiger partial charge in [0, 0.05) is 12.8 Å². The molecule has 1 amide bonds. The minimum atomic E-state index is -0.550. The van der Waals surface area contributed by atoms with Crippen molar-refractivity contribution < 1.29 is 19.1 Å². The number of carbonyl (C=O) groups is 2. The van der Waals surface area contributed by atoms with Crippen LogP contribution in [0.4, 0.5) is 5.69 Å². The molecule has 0 aliphatic carbocycles. The lowest BCUT2D eigenvalue weighted by atomic mass is 10.1. The van der Waals surface area contributed by atoms with E-state index in [0.717, 1.165) is 5.56 Å². The molecular formula is C13H17NO4. The summed E-state index contributed by atoms with van der Waals surface area (Å²) in [4.78, 5) is 23.1. The molecule has 98 valence electrons. The number of aryl methyl sites for hydroxylation is 1. The normalized spacial score (nSPS) is 11.8. The Morgan fingerprint density at radius 1 is 1.28 bits per heavy atom. The van der Waals surface area contributed by atoms with Crippen LogP contribution in [0, 0.1) is 6.92 Å². The minimum Gasteiger partial charge on any atom is -0.465 e. The molecule has 0 spiro atoms. The van der Waals surface area contributed by atoms with Gasteiger partial charge in [-0.05, 0) is 31.5 Å². The van der Waals surface area contributed by atoms with Crippen molar-refractivity contribution in [2.45, 2.75) is 20.0 Å². The third-order valence-electron chi connectivity index (χ3n) is 2.64. The fourth-order valence-electron chi connectivity index (χ4n) is 1.34. The fourth-order valence-corrected chi connectivity index (χ4v) is 1.34. The molecule has 18 heavy (non-hydrogen) atoms. The molecule has 1 aromatic carbocycles.